The molecule has 1 fully saturated rings. The zero-order valence-corrected chi connectivity index (χ0v) is 23.3. The number of rotatable bonds is 5. The maximum Gasteiger partial charge on any atom is 0.410 e. The van der Waals surface area contributed by atoms with E-state index in [9.17, 15) is 13.2 Å². The minimum atomic E-state index is -3.85. The predicted molar refractivity (Wildman–Crippen MR) is 151 cm³/mol. The van der Waals surface area contributed by atoms with Gasteiger partial charge in [-0.15, -0.1) is 0 Å². The first kappa shape index (κ1) is 26.6. The summed E-state index contributed by atoms with van der Waals surface area (Å²) in [5, 5.41) is 0.709. The van der Waals surface area contributed by atoms with Crippen molar-refractivity contribution in [2.24, 2.45) is 0 Å². The van der Waals surface area contributed by atoms with Crippen molar-refractivity contribution in [1.29, 1.82) is 0 Å². The van der Waals surface area contributed by atoms with Crippen LogP contribution in [0.2, 0.25) is 0 Å². The first-order valence-electron chi connectivity index (χ1n) is 12.8. The lowest BCUT2D eigenvalue weighted by Gasteiger charge is -2.37. The van der Waals surface area contributed by atoms with E-state index in [4.69, 9.17) is 9.47 Å². The van der Waals surface area contributed by atoms with Crippen molar-refractivity contribution in [2.75, 3.05) is 38.2 Å². The van der Waals surface area contributed by atoms with Crippen molar-refractivity contribution in [3.8, 4) is 16.9 Å². The van der Waals surface area contributed by atoms with Gasteiger partial charge >= 0.3 is 6.09 Å². The Balaban J connectivity index is 1.58. The number of hydrogen-bond acceptors (Lipinski definition) is 7. The Bertz CT molecular complexity index is 1600. The topological polar surface area (TPSA) is 94.0 Å². The predicted octanol–water partition coefficient (Wildman–Crippen LogP) is 5.01. The Morgan fingerprint density at radius 3 is 2.33 bits per heavy atom. The highest BCUT2D eigenvalue weighted by Gasteiger charge is 2.29. The van der Waals surface area contributed by atoms with E-state index >= 15 is 0 Å². The third kappa shape index (κ3) is 5.29. The van der Waals surface area contributed by atoms with Gasteiger partial charge in [0.25, 0.3) is 10.0 Å². The number of amides is 1. The van der Waals surface area contributed by atoms with Crippen LogP contribution in [0.15, 0.2) is 78.0 Å². The van der Waals surface area contributed by atoms with Crippen LogP contribution in [0, 0.1) is 0 Å². The summed E-state index contributed by atoms with van der Waals surface area (Å²) in [7, 11) is -2.23. The normalized spacial score (nSPS) is 14.5. The van der Waals surface area contributed by atoms with Crippen molar-refractivity contribution in [3.05, 3.63) is 73.1 Å². The molecule has 10 heteroatoms. The summed E-state index contributed by atoms with van der Waals surface area (Å²) >= 11 is 0. The third-order valence-electron chi connectivity index (χ3n) is 6.58. The minimum absolute atomic E-state index is 0.189. The zero-order chi connectivity index (χ0) is 27.8. The van der Waals surface area contributed by atoms with Crippen LogP contribution >= 0.6 is 0 Å². The van der Waals surface area contributed by atoms with E-state index in [1.54, 1.807) is 60.8 Å². The number of pyridine rings is 1. The fourth-order valence-electron chi connectivity index (χ4n) is 4.73. The molecular weight excluding hydrogens is 516 g/mol. The van der Waals surface area contributed by atoms with Crippen molar-refractivity contribution < 1.29 is 22.7 Å². The fraction of sp³-hybridized carbons (Fsp3) is 0.310. The monoisotopic (exact) mass is 548 g/mol. The van der Waals surface area contributed by atoms with Crippen LogP contribution in [0.5, 0.6) is 5.75 Å². The Morgan fingerprint density at radius 2 is 1.67 bits per heavy atom. The van der Waals surface area contributed by atoms with Crippen molar-refractivity contribution in [2.45, 2.75) is 31.3 Å². The molecule has 0 atom stereocenters. The van der Waals surface area contributed by atoms with Crippen LogP contribution in [0.3, 0.4) is 0 Å². The Kier molecular flexibility index (Phi) is 6.98. The summed E-state index contributed by atoms with van der Waals surface area (Å²) in [5.74, 6) is 0.706. The van der Waals surface area contributed by atoms with Gasteiger partial charge in [-0.3, -0.25) is 0 Å². The van der Waals surface area contributed by atoms with E-state index in [-0.39, 0.29) is 11.0 Å². The molecule has 3 heterocycles. The molecule has 0 N–H and O–H groups in total. The molecule has 0 unspecified atom stereocenters. The lowest BCUT2D eigenvalue weighted by molar-refractivity contribution is 0.0240. The summed E-state index contributed by atoms with van der Waals surface area (Å²) in [6.07, 6.45) is 2.93. The molecule has 2 aromatic heterocycles. The molecule has 4 aromatic rings. The van der Waals surface area contributed by atoms with Gasteiger partial charge < -0.3 is 19.3 Å². The highest BCUT2D eigenvalue weighted by Crippen LogP contribution is 2.39. The summed E-state index contributed by atoms with van der Waals surface area (Å²) in [6.45, 7) is 7.59. The largest absolute Gasteiger partial charge is 0.497 e. The van der Waals surface area contributed by atoms with Gasteiger partial charge in [0.05, 0.1) is 17.7 Å². The maximum atomic E-state index is 13.5. The minimum Gasteiger partial charge on any atom is -0.497 e. The molecule has 1 amide bonds. The molecule has 0 radical (unpaired) electrons. The van der Waals surface area contributed by atoms with Gasteiger partial charge in [0.15, 0.2) is 5.65 Å². The maximum absolute atomic E-state index is 13.5. The summed E-state index contributed by atoms with van der Waals surface area (Å²) in [6, 6.07) is 17.8. The van der Waals surface area contributed by atoms with Gasteiger partial charge in [-0.1, -0.05) is 30.3 Å². The van der Waals surface area contributed by atoms with E-state index < -0.39 is 15.6 Å². The van der Waals surface area contributed by atoms with Gasteiger partial charge in [-0.05, 0) is 56.7 Å². The summed E-state index contributed by atoms with van der Waals surface area (Å²) < 4.78 is 39.2. The van der Waals surface area contributed by atoms with E-state index in [1.807, 2.05) is 45.0 Å². The zero-order valence-electron chi connectivity index (χ0n) is 22.5. The van der Waals surface area contributed by atoms with Crippen molar-refractivity contribution in [1.82, 2.24) is 13.9 Å². The molecule has 0 bridgehead atoms. The number of fused-ring (bicyclic) bond motifs is 1. The number of carbonyl (C=O) groups excluding carboxylic acids is 1. The van der Waals surface area contributed by atoms with Crippen LogP contribution in [0.1, 0.15) is 20.8 Å². The lowest BCUT2D eigenvalue weighted by Crippen LogP contribution is -2.50. The van der Waals surface area contributed by atoms with E-state index in [1.165, 1.54) is 3.97 Å². The van der Waals surface area contributed by atoms with Crippen LogP contribution in [0.4, 0.5) is 10.5 Å². The first-order valence-corrected chi connectivity index (χ1v) is 14.2. The fourth-order valence-corrected chi connectivity index (χ4v) is 6.05. The number of hydrogen-bond donors (Lipinski definition) is 0. The molecule has 204 valence electrons. The van der Waals surface area contributed by atoms with Crippen molar-refractivity contribution >= 4 is 32.8 Å². The molecule has 1 aliphatic rings. The second-order valence-electron chi connectivity index (χ2n) is 10.4. The number of ether oxygens (including phenoxy) is 2. The highest BCUT2D eigenvalue weighted by molar-refractivity contribution is 7.90. The summed E-state index contributed by atoms with van der Waals surface area (Å²) in [4.78, 5) is 21.4. The molecule has 0 aliphatic carbocycles. The smallest absolute Gasteiger partial charge is 0.410 e. The average molecular weight is 549 g/mol. The second-order valence-corrected chi connectivity index (χ2v) is 12.2. The van der Waals surface area contributed by atoms with Crippen LogP contribution < -0.4 is 9.64 Å². The van der Waals surface area contributed by atoms with E-state index in [2.05, 4.69) is 9.88 Å². The molecule has 1 aliphatic heterocycles. The van der Waals surface area contributed by atoms with Crippen LogP contribution in [0.25, 0.3) is 22.2 Å². The standard InChI is InChI=1S/C29H32N4O5S/c1-29(2,3)38-28(34)32-17-15-31(16-18-32)26-24-13-14-33(39(35,36)23-11-6-5-7-12-23)27(24)30-20-25(26)21-9-8-10-22(19-21)37-4/h5-14,19-20H,15-18H2,1-4H3. The van der Waals surface area contributed by atoms with Gasteiger partial charge in [-0.2, -0.15) is 0 Å². The average Bonchev–Trinajstić information content (AvgIpc) is 3.37. The first-order chi connectivity index (χ1) is 18.6. The quantitative estimate of drug-likeness (QED) is 0.346. The number of piperazine rings is 1. The van der Waals surface area contributed by atoms with Gasteiger partial charge in [0, 0.05) is 49.5 Å². The number of nitrogens with zero attached hydrogens (tertiary/aromatic N) is 4. The number of anilines is 1. The van der Waals surface area contributed by atoms with Crippen molar-refractivity contribution in [3.63, 3.8) is 0 Å². The number of carbonyl (C=O) groups is 1. The Labute approximate surface area is 228 Å². The number of methoxy groups -OCH3 is 1. The van der Waals surface area contributed by atoms with Gasteiger partial charge in [0.1, 0.15) is 11.4 Å². The SMILES string of the molecule is COc1cccc(-c2cnc3c(ccn3S(=O)(=O)c3ccccc3)c2N2CCN(C(=O)OC(C)(C)C)CC2)c1. The number of aromatic nitrogens is 2. The van der Waals surface area contributed by atoms with Gasteiger partial charge in [-0.25, -0.2) is 22.2 Å². The molecule has 9 nitrogen and oxygen atoms in total. The molecule has 0 saturated carbocycles. The summed E-state index contributed by atoms with van der Waals surface area (Å²) in [5.41, 5.74) is 2.38. The molecule has 0 spiro atoms. The van der Waals surface area contributed by atoms with E-state index in [0.29, 0.717) is 43.0 Å². The molecule has 2 aromatic carbocycles. The molecule has 39 heavy (non-hydrogen) atoms. The third-order valence-corrected chi connectivity index (χ3v) is 8.26. The molecule has 5 rings (SSSR count). The Morgan fingerprint density at radius 1 is 0.949 bits per heavy atom. The second kappa shape index (κ2) is 10.3. The lowest BCUT2D eigenvalue weighted by atomic mass is 10.0. The van der Waals surface area contributed by atoms with Crippen LogP contribution in [-0.2, 0) is 14.8 Å². The number of benzene rings is 2. The highest BCUT2D eigenvalue weighted by atomic mass is 32.2. The van der Waals surface area contributed by atoms with Crippen LogP contribution in [-0.4, -0.2) is 67.3 Å². The van der Waals surface area contributed by atoms with Gasteiger partial charge in [0.2, 0.25) is 0 Å². The molecule has 1 saturated heterocycles. The molecular formula is C29H32N4O5S. The van der Waals surface area contributed by atoms with E-state index in [0.717, 1.165) is 16.8 Å². The Hall–Kier alpha value is -4.05.